The molecule has 0 aromatic carbocycles. The van der Waals surface area contributed by atoms with Crippen LogP contribution in [0.3, 0.4) is 0 Å². The minimum absolute atomic E-state index is 0.0673. The van der Waals surface area contributed by atoms with Crippen LogP contribution in [0.4, 0.5) is 0 Å². The highest BCUT2D eigenvalue weighted by atomic mass is 32.2. The lowest BCUT2D eigenvalue weighted by molar-refractivity contribution is 0.0931. The summed E-state index contributed by atoms with van der Waals surface area (Å²) in [4.78, 5) is 13.2. The van der Waals surface area contributed by atoms with E-state index in [1.807, 2.05) is 17.5 Å². The Labute approximate surface area is 144 Å². The fourth-order valence-corrected chi connectivity index (χ4v) is 5.14. The van der Waals surface area contributed by atoms with Gasteiger partial charge in [-0.1, -0.05) is 6.07 Å². The standard InChI is InChI=1S/C15H19N3O4S2/c1-22-6-5-16-15(19)12-9-13(14-3-2-7-23-14)18(17-12)11-4-8-24(20,21)10-11/h2-3,7,9,11H,4-6,8,10H2,1H3,(H,16,19)/t11-/m1/s1. The van der Waals surface area contributed by atoms with E-state index in [2.05, 4.69) is 10.4 Å². The van der Waals surface area contributed by atoms with Gasteiger partial charge in [-0.05, 0) is 23.9 Å². The van der Waals surface area contributed by atoms with Gasteiger partial charge in [0.1, 0.15) is 0 Å². The zero-order chi connectivity index (χ0) is 17.2. The van der Waals surface area contributed by atoms with Gasteiger partial charge in [0, 0.05) is 13.7 Å². The number of rotatable bonds is 6. The first kappa shape index (κ1) is 17.1. The van der Waals surface area contributed by atoms with Gasteiger partial charge < -0.3 is 10.1 Å². The molecule has 2 aromatic heterocycles. The molecular weight excluding hydrogens is 350 g/mol. The number of amides is 1. The third-order valence-electron chi connectivity index (χ3n) is 3.89. The van der Waals surface area contributed by atoms with Crippen LogP contribution in [0.2, 0.25) is 0 Å². The molecule has 9 heteroatoms. The zero-order valence-electron chi connectivity index (χ0n) is 13.3. The van der Waals surface area contributed by atoms with Crippen LogP contribution in [0.1, 0.15) is 23.0 Å². The first-order valence-corrected chi connectivity index (χ1v) is 10.3. The SMILES string of the molecule is COCCNC(=O)c1cc(-c2cccs2)n([C@@H]2CCS(=O)(=O)C2)n1. The molecule has 1 aliphatic heterocycles. The van der Waals surface area contributed by atoms with E-state index in [0.717, 1.165) is 10.6 Å². The number of ether oxygens (including phenoxy) is 1. The molecule has 0 spiro atoms. The van der Waals surface area contributed by atoms with Crippen molar-refractivity contribution in [2.75, 3.05) is 31.8 Å². The summed E-state index contributed by atoms with van der Waals surface area (Å²) < 4.78 is 30.2. The Hall–Kier alpha value is -1.71. The summed E-state index contributed by atoms with van der Waals surface area (Å²) in [6, 6.07) is 5.35. The highest BCUT2D eigenvalue weighted by molar-refractivity contribution is 7.91. The minimum atomic E-state index is -3.03. The first-order chi connectivity index (χ1) is 11.5. The van der Waals surface area contributed by atoms with Crippen molar-refractivity contribution < 1.29 is 17.9 Å². The molecule has 0 radical (unpaired) electrons. The van der Waals surface area contributed by atoms with Gasteiger partial charge in [0.25, 0.3) is 5.91 Å². The van der Waals surface area contributed by atoms with Crippen molar-refractivity contribution >= 4 is 27.1 Å². The number of thiophene rings is 1. The highest BCUT2D eigenvalue weighted by Crippen LogP contribution is 2.32. The molecular formula is C15H19N3O4S2. The lowest BCUT2D eigenvalue weighted by atomic mass is 10.2. The Morgan fingerprint density at radius 2 is 2.38 bits per heavy atom. The molecule has 0 unspecified atom stereocenters. The number of sulfone groups is 1. The number of methoxy groups -OCH3 is 1. The van der Waals surface area contributed by atoms with E-state index >= 15 is 0 Å². The molecule has 3 rings (SSSR count). The molecule has 130 valence electrons. The molecule has 1 amide bonds. The molecule has 1 N–H and O–H groups in total. The smallest absolute Gasteiger partial charge is 0.271 e. The second kappa shape index (κ2) is 7.04. The largest absolute Gasteiger partial charge is 0.383 e. The molecule has 24 heavy (non-hydrogen) atoms. The number of nitrogens with zero attached hydrogens (tertiary/aromatic N) is 2. The summed E-state index contributed by atoms with van der Waals surface area (Å²) in [5.41, 5.74) is 1.07. The van der Waals surface area contributed by atoms with Gasteiger partial charge in [0.15, 0.2) is 15.5 Å². The van der Waals surface area contributed by atoms with Gasteiger partial charge in [-0.25, -0.2) is 8.42 Å². The molecule has 2 aromatic rings. The Balaban J connectivity index is 1.90. The van der Waals surface area contributed by atoms with E-state index in [1.165, 1.54) is 11.3 Å². The van der Waals surface area contributed by atoms with Crippen molar-refractivity contribution in [3.8, 4) is 10.6 Å². The van der Waals surface area contributed by atoms with Crippen LogP contribution in [-0.4, -0.2) is 55.9 Å². The lowest BCUT2D eigenvalue weighted by Crippen LogP contribution is -2.27. The van der Waals surface area contributed by atoms with E-state index in [9.17, 15) is 13.2 Å². The summed E-state index contributed by atoms with van der Waals surface area (Å²) in [7, 11) is -1.47. The van der Waals surface area contributed by atoms with Crippen LogP contribution in [0, 0.1) is 0 Å². The molecule has 0 aliphatic carbocycles. The van der Waals surface area contributed by atoms with Crippen molar-refractivity contribution in [3.63, 3.8) is 0 Å². The third kappa shape index (κ3) is 3.68. The summed E-state index contributed by atoms with van der Waals surface area (Å²) in [6.45, 7) is 0.819. The number of nitrogens with one attached hydrogen (secondary N) is 1. The predicted molar refractivity (Wildman–Crippen MR) is 92.1 cm³/mol. The number of aromatic nitrogens is 2. The van der Waals surface area contributed by atoms with Crippen molar-refractivity contribution in [1.82, 2.24) is 15.1 Å². The normalized spacial score (nSPS) is 19.5. The number of hydrogen-bond donors (Lipinski definition) is 1. The Morgan fingerprint density at radius 3 is 3.00 bits per heavy atom. The van der Waals surface area contributed by atoms with Crippen LogP contribution in [0.5, 0.6) is 0 Å². The minimum Gasteiger partial charge on any atom is -0.383 e. The van der Waals surface area contributed by atoms with Crippen LogP contribution in [-0.2, 0) is 14.6 Å². The van der Waals surface area contributed by atoms with Crippen LogP contribution < -0.4 is 5.32 Å². The van der Waals surface area contributed by atoms with Crippen molar-refractivity contribution in [3.05, 3.63) is 29.3 Å². The van der Waals surface area contributed by atoms with Crippen molar-refractivity contribution in [2.24, 2.45) is 0 Å². The second-order valence-electron chi connectivity index (χ2n) is 5.64. The quantitative estimate of drug-likeness (QED) is 0.776. The van der Waals surface area contributed by atoms with Gasteiger partial charge >= 0.3 is 0 Å². The number of hydrogen-bond acceptors (Lipinski definition) is 6. The van der Waals surface area contributed by atoms with Crippen molar-refractivity contribution in [1.29, 1.82) is 0 Å². The summed E-state index contributed by atoms with van der Waals surface area (Å²) >= 11 is 1.53. The molecule has 1 aliphatic rings. The van der Waals surface area contributed by atoms with Gasteiger partial charge in [0.2, 0.25) is 0 Å². The Kier molecular flexibility index (Phi) is 5.02. The average Bonchev–Trinajstić information content (AvgIpc) is 3.24. The van der Waals surface area contributed by atoms with E-state index in [1.54, 1.807) is 17.9 Å². The molecule has 1 saturated heterocycles. The van der Waals surface area contributed by atoms with Crippen LogP contribution in [0.15, 0.2) is 23.6 Å². The van der Waals surface area contributed by atoms with E-state index in [-0.39, 0.29) is 23.5 Å². The van der Waals surface area contributed by atoms with E-state index < -0.39 is 9.84 Å². The monoisotopic (exact) mass is 369 g/mol. The maximum atomic E-state index is 12.2. The fourth-order valence-electron chi connectivity index (χ4n) is 2.72. The van der Waals surface area contributed by atoms with Crippen LogP contribution in [0.25, 0.3) is 10.6 Å². The summed E-state index contributed by atoms with van der Waals surface area (Å²) in [5.74, 6) is -0.0568. The summed E-state index contributed by atoms with van der Waals surface area (Å²) in [5, 5.41) is 9.08. The number of carbonyl (C=O) groups excluding carboxylic acids is 1. The first-order valence-electron chi connectivity index (χ1n) is 7.61. The second-order valence-corrected chi connectivity index (χ2v) is 8.82. The van der Waals surface area contributed by atoms with E-state index in [4.69, 9.17) is 4.74 Å². The topological polar surface area (TPSA) is 90.3 Å². The molecule has 0 saturated carbocycles. The molecule has 0 bridgehead atoms. The van der Waals surface area contributed by atoms with Gasteiger partial charge in [-0.3, -0.25) is 9.48 Å². The van der Waals surface area contributed by atoms with Crippen LogP contribution >= 0.6 is 11.3 Å². The summed E-state index contributed by atoms with van der Waals surface area (Å²) in [6.07, 6.45) is 0.521. The van der Waals surface area contributed by atoms with Gasteiger partial charge in [0.05, 0.1) is 34.7 Å². The molecule has 1 atom stereocenters. The third-order valence-corrected chi connectivity index (χ3v) is 6.53. The molecule has 7 nitrogen and oxygen atoms in total. The Bertz CT molecular complexity index is 812. The maximum absolute atomic E-state index is 12.2. The fraction of sp³-hybridized carbons (Fsp3) is 0.467. The lowest BCUT2D eigenvalue weighted by Gasteiger charge is -2.12. The average molecular weight is 369 g/mol. The predicted octanol–water partition coefficient (Wildman–Crippen LogP) is 1.35. The molecule has 3 heterocycles. The van der Waals surface area contributed by atoms with E-state index in [0.29, 0.717) is 25.3 Å². The molecule has 1 fully saturated rings. The van der Waals surface area contributed by atoms with Gasteiger partial charge in [-0.15, -0.1) is 11.3 Å². The Morgan fingerprint density at radius 1 is 1.54 bits per heavy atom. The highest BCUT2D eigenvalue weighted by Gasteiger charge is 2.32. The zero-order valence-corrected chi connectivity index (χ0v) is 14.9. The van der Waals surface area contributed by atoms with Crippen molar-refractivity contribution in [2.45, 2.75) is 12.5 Å². The van der Waals surface area contributed by atoms with Gasteiger partial charge in [-0.2, -0.15) is 5.10 Å². The number of carbonyl (C=O) groups is 1. The maximum Gasteiger partial charge on any atom is 0.271 e.